The van der Waals surface area contributed by atoms with Crippen molar-refractivity contribution in [3.8, 4) is 0 Å². The summed E-state index contributed by atoms with van der Waals surface area (Å²) in [5, 5.41) is 3.54. The fourth-order valence-electron chi connectivity index (χ4n) is 6.58. The summed E-state index contributed by atoms with van der Waals surface area (Å²) < 4.78 is 19.8. The Labute approximate surface area is 216 Å². The molecule has 1 heterocycles. The summed E-state index contributed by atoms with van der Waals surface area (Å²) in [7, 11) is 0. The number of carbonyl (C=O) groups excluding carboxylic acids is 1. The number of hydrogen-bond acceptors (Lipinski definition) is 5. The van der Waals surface area contributed by atoms with E-state index in [4.69, 9.17) is 14.2 Å². The van der Waals surface area contributed by atoms with E-state index in [0.717, 1.165) is 51.4 Å². The summed E-state index contributed by atoms with van der Waals surface area (Å²) in [5.74, 6) is 2.23. The Kier molecular flexibility index (Phi) is 13.2. The van der Waals surface area contributed by atoms with Crippen LogP contribution in [-0.2, 0) is 19.0 Å². The quantitative estimate of drug-likeness (QED) is 0.216. The van der Waals surface area contributed by atoms with Crippen LogP contribution in [0.2, 0.25) is 0 Å². The van der Waals surface area contributed by atoms with Crippen molar-refractivity contribution in [2.75, 3.05) is 6.54 Å². The van der Waals surface area contributed by atoms with Crippen molar-refractivity contribution in [3.05, 3.63) is 0 Å². The van der Waals surface area contributed by atoms with Gasteiger partial charge in [0.05, 0.1) is 24.4 Å². The average molecular weight is 496 g/mol. The van der Waals surface area contributed by atoms with Crippen LogP contribution in [0.4, 0.5) is 0 Å². The molecule has 0 amide bonds. The van der Waals surface area contributed by atoms with E-state index in [1.165, 1.54) is 6.42 Å². The van der Waals surface area contributed by atoms with Crippen molar-refractivity contribution in [2.24, 2.45) is 35.5 Å². The first-order valence-corrected chi connectivity index (χ1v) is 14.6. The minimum atomic E-state index is -0.181. The molecule has 0 aromatic carbocycles. The van der Waals surface area contributed by atoms with Crippen LogP contribution in [0.5, 0.6) is 0 Å². The fraction of sp³-hybridized carbons (Fsp3) is 0.967. The summed E-state index contributed by atoms with van der Waals surface area (Å²) in [6.07, 6.45) is 8.82. The van der Waals surface area contributed by atoms with Crippen LogP contribution >= 0.6 is 0 Å². The lowest BCUT2D eigenvalue weighted by atomic mass is 9.80. The summed E-state index contributed by atoms with van der Waals surface area (Å²) in [4.78, 5) is 12.0. The van der Waals surface area contributed by atoms with Crippen LogP contribution in [0.3, 0.4) is 0 Å². The van der Waals surface area contributed by atoms with Gasteiger partial charge in [-0.25, -0.2) is 0 Å². The zero-order valence-corrected chi connectivity index (χ0v) is 24.3. The van der Waals surface area contributed by atoms with Gasteiger partial charge in [-0.2, -0.15) is 0 Å². The number of nitrogens with one attached hydrogen (secondary N) is 1. The lowest BCUT2D eigenvalue weighted by Crippen LogP contribution is -2.46. The SMILES string of the molecule is CC1CC(C)CC(O[C@H](C(C)C=O)[C@H](C)[C@@H](OC2CC(C)CC(C)O2)[C@@H](C)CCCNC(C)C)C1. The van der Waals surface area contributed by atoms with Gasteiger partial charge >= 0.3 is 0 Å². The number of hydrogen-bond donors (Lipinski definition) is 1. The Hall–Kier alpha value is -0.490. The van der Waals surface area contributed by atoms with Crippen LogP contribution < -0.4 is 5.32 Å². The smallest absolute Gasteiger partial charge is 0.158 e. The molecule has 10 atom stereocenters. The second kappa shape index (κ2) is 15.1. The first-order valence-electron chi connectivity index (χ1n) is 14.6. The van der Waals surface area contributed by atoms with Crippen molar-refractivity contribution in [1.29, 1.82) is 0 Å². The lowest BCUT2D eigenvalue weighted by Gasteiger charge is -2.42. The third kappa shape index (κ3) is 10.4. The van der Waals surface area contributed by atoms with Crippen molar-refractivity contribution in [2.45, 2.75) is 144 Å². The van der Waals surface area contributed by atoms with Gasteiger partial charge in [0.25, 0.3) is 0 Å². The minimum absolute atomic E-state index is 0.0117. The van der Waals surface area contributed by atoms with Gasteiger partial charge in [0, 0.05) is 24.3 Å². The molecule has 35 heavy (non-hydrogen) atoms. The van der Waals surface area contributed by atoms with E-state index in [0.29, 0.717) is 29.7 Å². The van der Waals surface area contributed by atoms with Gasteiger partial charge in [0.1, 0.15) is 6.29 Å². The molecule has 2 fully saturated rings. The highest BCUT2D eigenvalue weighted by atomic mass is 16.7. The van der Waals surface area contributed by atoms with Gasteiger partial charge in [-0.05, 0) is 75.7 Å². The fourth-order valence-corrected chi connectivity index (χ4v) is 6.58. The van der Waals surface area contributed by atoms with Gasteiger partial charge in [0.15, 0.2) is 6.29 Å². The third-order valence-electron chi connectivity index (χ3n) is 8.23. The molecule has 0 bridgehead atoms. The standard InChI is InChI=1S/C30H57NO4/c1-19(2)31-12-10-11-23(6)29(35-28-17-22(5)14-25(8)33-28)26(9)30(24(7)18-32)34-27-15-20(3)13-21(4)16-27/h18-31H,10-17H2,1-9H3/t20?,21?,22?,23-,24?,25?,26+,27?,28?,29-,30+/m0/s1. The maximum atomic E-state index is 12.0. The number of rotatable bonds is 14. The summed E-state index contributed by atoms with van der Waals surface area (Å²) >= 11 is 0. The Balaban J connectivity index is 2.17. The number of aldehydes is 1. The van der Waals surface area contributed by atoms with Crippen LogP contribution in [0.25, 0.3) is 0 Å². The largest absolute Gasteiger partial charge is 0.374 e. The number of ether oxygens (including phenoxy) is 3. The zero-order valence-electron chi connectivity index (χ0n) is 24.3. The lowest BCUT2D eigenvalue weighted by molar-refractivity contribution is -0.245. The zero-order chi connectivity index (χ0) is 26.1. The molecular formula is C30H57NO4. The predicted molar refractivity (Wildman–Crippen MR) is 144 cm³/mol. The number of carbonyl (C=O) groups is 1. The topological polar surface area (TPSA) is 56.8 Å². The first-order chi connectivity index (χ1) is 16.5. The summed E-state index contributed by atoms with van der Waals surface area (Å²) in [5.41, 5.74) is 0. The Bertz CT molecular complexity index is 579. The van der Waals surface area contributed by atoms with Gasteiger partial charge in [-0.1, -0.05) is 55.4 Å². The van der Waals surface area contributed by atoms with E-state index in [2.05, 4.69) is 60.7 Å². The van der Waals surface area contributed by atoms with Crippen LogP contribution in [0, 0.1) is 35.5 Å². The van der Waals surface area contributed by atoms with Gasteiger partial charge in [0.2, 0.25) is 0 Å². The molecular weight excluding hydrogens is 438 g/mol. The van der Waals surface area contributed by atoms with Crippen LogP contribution in [0.15, 0.2) is 0 Å². The molecule has 6 unspecified atom stereocenters. The maximum Gasteiger partial charge on any atom is 0.158 e. The highest BCUT2D eigenvalue weighted by Crippen LogP contribution is 2.36. The first kappa shape index (κ1) is 30.7. The van der Waals surface area contributed by atoms with Gasteiger partial charge in [-0.15, -0.1) is 0 Å². The molecule has 0 aromatic heterocycles. The minimum Gasteiger partial charge on any atom is -0.374 e. The Morgan fingerprint density at radius 2 is 1.49 bits per heavy atom. The van der Waals surface area contributed by atoms with Crippen molar-refractivity contribution < 1.29 is 19.0 Å². The van der Waals surface area contributed by atoms with E-state index in [9.17, 15) is 4.79 Å². The molecule has 206 valence electrons. The third-order valence-corrected chi connectivity index (χ3v) is 8.23. The molecule has 1 aliphatic carbocycles. The Morgan fingerprint density at radius 1 is 0.857 bits per heavy atom. The van der Waals surface area contributed by atoms with Crippen molar-refractivity contribution >= 4 is 6.29 Å². The summed E-state index contributed by atoms with van der Waals surface area (Å²) in [6.45, 7) is 21.1. The molecule has 0 radical (unpaired) electrons. The van der Waals surface area contributed by atoms with E-state index in [1.54, 1.807) is 0 Å². The molecule has 1 saturated carbocycles. The van der Waals surface area contributed by atoms with Crippen molar-refractivity contribution in [3.63, 3.8) is 0 Å². The van der Waals surface area contributed by atoms with E-state index >= 15 is 0 Å². The maximum absolute atomic E-state index is 12.0. The highest BCUT2D eigenvalue weighted by molar-refractivity contribution is 5.53. The molecule has 0 spiro atoms. The predicted octanol–water partition coefficient (Wildman–Crippen LogP) is 6.63. The monoisotopic (exact) mass is 495 g/mol. The van der Waals surface area contributed by atoms with E-state index in [-0.39, 0.29) is 42.5 Å². The van der Waals surface area contributed by atoms with Crippen LogP contribution in [0.1, 0.15) is 107 Å². The van der Waals surface area contributed by atoms with Gasteiger partial charge in [-0.3, -0.25) is 0 Å². The molecule has 0 aromatic rings. The molecule has 2 rings (SSSR count). The second-order valence-electron chi connectivity index (χ2n) is 12.8. The van der Waals surface area contributed by atoms with Crippen LogP contribution in [-0.4, -0.2) is 49.6 Å². The molecule has 1 aliphatic heterocycles. The van der Waals surface area contributed by atoms with Gasteiger partial charge < -0.3 is 24.3 Å². The normalized spacial score (nSPS) is 34.2. The summed E-state index contributed by atoms with van der Waals surface area (Å²) in [6, 6.07) is 0.501. The molecule has 5 heteroatoms. The molecule has 1 N–H and O–H groups in total. The molecule has 5 nitrogen and oxygen atoms in total. The highest BCUT2D eigenvalue weighted by Gasteiger charge is 2.39. The molecule has 2 aliphatic rings. The second-order valence-corrected chi connectivity index (χ2v) is 12.8. The Morgan fingerprint density at radius 3 is 2.06 bits per heavy atom. The van der Waals surface area contributed by atoms with E-state index in [1.807, 2.05) is 6.92 Å². The average Bonchev–Trinajstić information content (AvgIpc) is 2.76. The van der Waals surface area contributed by atoms with E-state index < -0.39 is 0 Å². The van der Waals surface area contributed by atoms with Crippen molar-refractivity contribution in [1.82, 2.24) is 5.32 Å². The molecule has 1 saturated heterocycles.